The first kappa shape index (κ1) is 11.2. The molecule has 2 aromatic heterocycles. The third-order valence-electron chi connectivity index (χ3n) is 1.83. The molecule has 90 valence electrons. The molecule has 4 N–H and O–H groups in total. The van der Waals surface area contributed by atoms with Crippen LogP contribution in [0.5, 0.6) is 0 Å². The van der Waals surface area contributed by atoms with Crippen molar-refractivity contribution < 1.29 is 13.2 Å². The summed E-state index contributed by atoms with van der Waals surface area (Å²) in [6.45, 7) is 0. The summed E-state index contributed by atoms with van der Waals surface area (Å²) < 4.78 is 37.2. The molecule has 0 bridgehead atoms. The van der Waals surface area contributed by atoms with Crippen molar-refractivity contribution in [3.05, 3.63) is 23.9 Å². The zero-order valence-electron chi connectivity index (χ0n) is 8.28. The van der Waals surface area contributed by atoms with E-state index in [-0.39, 0.29) is 17.7 Å². The lowest BCUT2D eigenvalue weighted by atomic mass is 10.2. The van der Waals surface area contributed by atoms with Crippen molar-refractivity contribution in [2.45, 2.75) is 6.18 Å². The third kappa shape index (κ3) is 2.62. The number of H-pyrrole nitrogens is 1. The minimum absolute atomic E-state index is 0.0150. The van der Waals surface area contributed by atoms with E-state index >= 15 is 0 Å². The summed E-state index contributed by atoms with van der Waals surface area (Å²) in [6.07, 6.45) is -3.38. The van der Waals surface area contributed by atoms with Crippen molar-refractivity contribution in [3.63, 3.8) is 0 Å². The minimum atomic E-state index is -4.42. The Hall–Kier alpha value is -2.32. The number of halogens is 3. The Morgan fingerprint density at radius 1 is 1.35 bits per heavy atom. The number of nitrogens with one attached hydrogen (secondary N) is 2. The van der Waals surface area contributed by atoms with Crippen LogP contribution >= 0.6 is 0 Å². The zero-order valence-corrected chi connectivity index (χ0v) is 8.28. The van der Waals surface area contributed by atoms with E-state index < -0.39 is 11.7 Å². The summed E-state index contributed by atoms with van der Waals surface area (Å²) in [4.78, 5) is 7.39. The second kappa shape index (κ2) is 3.92. The highest BCUT2D eigenvalue weighted by atomic mass is 19.4. The number of pyridine rings is 1. The Kier molecular flexibility index (Phi) is 2.58. The number of nitrogen functional groups attached to an aromatic ring is 1. The second-order valence-electron chi connectivity index (χ2n) is 3.10. The molecule has 6 nitrogen and oxygen atoms in total. The van der Waals surface area contributed by atoms with E-state index in [4.69, 9.17) is 5.73 Å². The molecule has 0 spiro atoms. The van der Waals surface area contributed by atoms with Gasteiger partial charge in [-0.25, -0.2) is 10.1 Å². The first-order valence-electron chi connectivity index (χ1n) is 4.43. The highest BCUT2D eigenvalue weighted by molar-refractivity contribution is 5.49. The number of hydrogen-bond donors (Lipinski definition) is 3. The zero-order chi connectivity index (χ0) is 12.5. The van der Waals surface area contributed by atoms with Gasteiger partial charge in [0, 0.05) is 6.20 Å². The monoisotopic (exact) mass is 244 g/mol. The van der Waals surface area contributed by atoms with E-state index in [1.807, 2.05) is 0 Å². The van der Waals surface area contributed by atoms with Crippen molar-refractivity contribution in [2.24, 2.45) is 0 Å². The Balaban J connectivity index is 2.22. The van der Waals surface area contributed by atoms with Crippen molar-refractivity contribution in [1.29, 1.82) is 0 Å². The van der Waals surface area contributed by atoms with E-state index in [1.165, 1.54) is 0 Å². The lowest BCUT2D eigenvalue weighted by molar-refractivity contribution is -0.137. The van der Waals surface area contributed by atoms with E-state index in [2.05, 4.69) is 25.5 Å². The first-order chi connectivity index (χ1) is 7.95. The number of anilines is 3. The second-order valence-corrected chi connectivity index (χ2v) is 3.10. The standard InChI is InChI=1S/C8H7F3N6/c9-8(10,11)4-1-2-13-5(3-4)14-7-15-6(12)16-17-7/h1-3H,(H4,12,13,14,15,16,17). The van der Waals surface area contributed by atoms with E-state index in [1.54, 1.807) is 0 Å². The number of hydrogen-bond acceptors (Lipinski definition) is 5. The lowest BCUT2D eigenvalue weighted by Gasteiger charge is -2.07. The summed E-state index contributed by atoms with van der Waals surface area (Å²) in [6, 6.07) is 1.73. The maximum absolute atomic E-state index is 12.4. The first-order valence-corrected chi connectivity index (χ1v) is 4.43. The molecule has 2 rings (SSSR count). The van der Waals surface area contributed by atoms with Crippen LogP contribution in [0.25, 0.3) is 0 Å². The number of nitrogens with two attached hydrogens (primary N) is 1. The van der Waals surface area contributed by atoms with E-state index in [0.29, 0.717) is 0 Å². The van der Waals surface area contributed by atoms with Gasteiger partial charge in [-0.05, 0) is 12.1 Å². The van der Waals surface area contributed by atoms with Gasteiger partial charge in [0.25, 0.3) is 0 Å². The van der Waals surface area contributed by atoms with Gasteiger partial charge in [-0.3, -0.25) is 0 Å². The van der Waals surface area contributed by atoms with E-state index in [9.17, 15) is 13.2 Å². The molecule has 0 saturated heterocycles. The van der Waals surface area contributed by atoms with Gasteiger partial charge >= 0.3 is 6.18 Å². The molecule has 0 unspecified atom stereocenters. The van der Waals surface area contributed by atoms with Crippen LogP contribution in [0.4, 0.5) is 30.9 Å². The number of nitrogens with zero attached hydrogens (tertiary/aromatic N) is 3. The molecule has 0 amide bonds. The van der Waals surface area contributed by atoms with Crippen LogP contribution in [0.2, 0.25) is 0 Å². The largest absolute Gasteiger partial charge is 0.416 e. The van der Waals surface area contributed by atoms with Crippen LogP contribution < -0.4 is 11.1 Å². The summed E-state index contributed by atoms with van der Waals surface area (Å²) in [5.74, 6) is 0.0904. The van der Waals surface area contributed by atoms with Gasteiger partial charge in [0.1, 0.15) is 5.82 Å². The van der Waals surface area contributed by atoms with Crippen molar-refractivity contribution in [1.82, 2.24) is 20.2 Å². The average molecular weight is 244 g/mol. The highest BCUT2D eigenvalue weighted by Gasteiger charge is 2.30. The Morgan fingerprint density at radius 3 is 2.71 bits per heavy atom. The molecule has 0 fully saturated rings. The predicted octanol–water partition coefficient (Wildman–Crippen LogP) is 1.54. The molecular formula is C8H7F3N6. The summed E-state index contributed by atoms with van der Waals surface area (Å²) >= 11 is 0. The van der Waals surface area contributed by atoms with Crippen LogP contribution in [0, 0.1) is 0 Å². The molecule has 17 heavy (non-hydrogen) atoms. The normalized spacial score (nSPS) is 11.5. The quantitative estimate of drug-likeness (QED) is 0.745. The fourth-order valence-electron chi connectivity index (χ4n) is 1.12. The van der Waals surface area contributed by atoms with Crippen LogP contribution in [-0.4, -0.2) is 20.2 Å². The minimum Gasteiger partial charge on any atom is -0.368 e. The van der Waals surface area contributed by atoms with Crippen molar-refractivity contribution in [3.8, 4) is 0 Å². The Labute approximate surface area is 93.1 Å². The molecule has 0 aliphatic carbocycles. The highest BCUT2D eigenvalue weighted by Crippen LogP contribution is 2.30. The summed E-state index contributed by atoms with van der Waals surface area (Å²) in [5, 5.41) is 8.44. The SMILES string of the molecule is Nc1nc(Nc2cc(C(F)(F)F)ccn2)n[nH]1. The molecular weight excluding hydrogens is 237 g/mol. The van der Waals surface area contributed by atoms with Gasteiger partial charge < -0.3 is 11.1 Å². The maximum Gasteiger partial charge on any atom is 0.416 e. The summed E-state index contributed by atoms with van der Waals surface area (Å²) in [7, 11) is 0. The number of rotatable bonds is 2. The van der Waals surface area contributed by atoms with Crippen molar-refractivity contribution in [2.75, 3.05) is 11.1 Å². The molecule has 2 aromatic rings. The third-order valence-corrected chi connectivity index (χ3v) is 1.83. The topological polar surface area (TPSA) is 92.5 Å². The molecule has 0 aliphatic rings. The van der Waals surface area contributed by atoms with E-state index in [0.717, 1.165) is 18.3 Å². The average Bonchev–Trinajstić information content (AvgIpc) is 2.63. The number of aromatic amines is 1. The lowest BCUT2D eigenvalue weighted by Crippen LogP contribution is -2.06. The molecule has 0 saturated carbocycles. The smallest absolute Gasteiger partial charge is 0.368 e. The van der Waals surface area contributed by atoms with Crippen molar-refractivity contribution >= 4 is 17.7 Å². The van der Waals surface area contributed by atoms with Crippen LogP contribution in [0.1, 0.15) is 5.56 Å². The number of aromatic nitrogens is 4. The van der Waals surface area contributed by atoms with Crippen LogP contribution in [-0.2, 0) is 6.18 Å². The fourth-order valence-corrected chi connectivity index (χ4v) is 1.12. The maximum atomic E-state index is 12.4. The van der Waals surface area contributed by atoms with Crippen LogP contribution in [0.3, 0.4) is 0 Å². The molecule has 0 aliphatic heterocycles. The molecule has 0 atom stereocenters. The van der Waals surface area contributed by atoms with Gasteiger partial charge in [-0.2, -0.15) is 18.2 Å². The number of alkyl halides is 3. The fraction of sp³-hybridized carbons (Fsp3) is 0.125. The Bertz CT molecular complexity index is 520. The summed E-state index contributed by atoms with van der Waals surface area (Å²) in [5.41, 5.74) is 4.45. The van der Waals surface area contributed by atoms with Crippen LogP contribution in [0.15, 0.2) is 18.3 Å². The molecule has 2 heterocycles. The van der Waals surface area contributed by atoms with Gasteiger partial charge in [-0.15, -0.1) is 5.10 Å². The Morgan fingerprint density at radius 2 is 2.12 bits per heavy atom. The van der Waals surface area contributed by atoms with Gasteiger partial charge in [0.15, 0.2) is 0 Å². The molecule has 9 heteroatoms. The van der Waals surface area contributed by atoms with Gasteiger partial charge in [-0.1, -0.05) is 0 Å². The van der Waals surface area contributed by atoms with Gasteiger partial charge in [0.2, 0.25) is 11.9 Å². The van der Waals surface area contributed by atoms with Gasteiger partial charge in [0.05, 0.1) is 5.56 Å². The molecule has 0 aromatic carbocycles. The molecule has 0 radical (unpaired) electrons. The predicted molar refractivity (Wildman–Crippen MR) is 53.3 cm³/mol.